The number of fused-ring (bicyclic) bond motifs is 1. The van der Waals surface area contributed by atoms with Gasteiger partial charge in [-0.1, -0.05) is 6.42 Å². The van der Waals surface area contributed by atoms with E-state index in [-0.39, 0.29) is 24.0 Å². The molecule has 2 aliphatic heterocycles. The van der Waals surface area contributed by atoms with Crippen LogP contribution in [0.15, 0.2) is 0 Å². The maximum atomic E-state index is 11.9. The molecule has 0 aromatic carbocycles. The Balaban J connectivity index is 1.30. The summed E-state index contributed by atoms with van der Waals surface area (Å²) in [5, 5.41) is 9.27. The summed E-state index contributed by atoms with van der Waals surface area (Å²) in [5.74, 6) is 1.03. The molecule has 31 heavy (non-hydrogen) atoms. The lowest BCUT2D eigenvalue weighted by Gasteiger charge is -2.16. The third kappa shape index (κ3) is 11.4. The van der Waals surface area contributed by atoms with E-state index in [4.69, 9.17) is 24.7 Å². The molecule has 0 bridgehead atoms. The zero-order valence-corrected chi connectivity index (χ0v) is 19.1. The van der Waals surface area contributed by atoms with Crippen molar-refractivity contribution in [2.75, 3.05) is 71.7 Å². The van der Waals surface area contributed by atoms with Gasteiger partial charge >= 0.3 is 6.03 Å². The number of thioether (sulfide) groups is 1. The maximum absolute atomic E-state index is 11.9. The van der Waals surface area contributed by atoms with Crippen molar-refractivity contribution in [3.63, 3.8) is 0 Å². The average Bonchev–Trinajstić information content (AvgIpc) is 3.30. The number of urea groups is 1. The van der Waals surface area contributed by atoms with E-state index in [1.165, 1.54) is 0 Å². The number of rotatable bonds is 19. The monoisotopic (exact) mass is 462 g/mol. The second-order valence-corrected chi connectivity index (χ2v) is 8.73. The normalized spacial score (nSPS) is 22.2. The van der Waals surface area contributed by atoms with E-state index in [1.54, 1.807) is 0 Å². The van der Waals surface area contributed by atoms with Gasteiger partial charge in [-0.15, -0.1) is 0 Å². The van der Waals surface area contributed by atoms with E-state index >= 15 is 0 Å². The number of ether oxygens (including phenoxy) is 4. The summed E-state index contributed by atoms with van der Waals surface area (Å²) in [7, 11) is 0. The number of hydrogen-bond donors (Lipinski definition) is 4. The second-order valence-electron chi connectivity index (χ2n) is 7.46. The average molecular weight is 463 g/mol. The first kappa shape index (κ1) is 26.1. The molecule has 3 amide bonds. The van der Waals surface area contributed by atoms with E-state index in [0.717, 1.165) is 25.0 Å². The second kappa shape index (κ2) is 16.5. The van der Waals surface area contributed by atoms with Gasteiger partial charge in [0.15, 0.2) is 0 Å². The van der Waals surface area contributed by atoms with Crippen LogP contribution in [0.25, 0.3) is 0 Å². The highest BCUT2D eigenvalue weighted by Crippen LogP contribution is 2.33. The van der Waals surface area contributed by atoms with Crippen molar-refractivity contribution in [1.82, 2.24) is 16.0 Å². The van der Waals surface area contributed by atoms with Crippen LogP contribution in [0.3, 0.4) is 0 Å². The Bertz CT molecular complexity index is 516. The molecule has 2 rings (SSSR count). The lowest BCUT2D eigenvalue weighted by molar-refractivity contribution is -0.121. The molecule has 0 aliphatic carbocycles. The number of hydrogen-bond acceptors (Lipinski definition) is 8. The summed E-state index contributed by atoms with van der Waals surface area (Å²) in [6.07, 6.45) is 3.40. The quantitative estimate of drug-likeness (QED) is 0.154. The fourth-order valence-electron chi connectivity index (χ4n) is 3.47. The molecule has 0 unspecified atom stereocenters. The molecule has 0 radical (unpaired) electrons. The van der Waals surface area contributed by atoms with Gasteiger partial charge in [0.25, 0.3) is 0 Å². The molecular weight excluding hydrogens is 424 g/mol. The molecule has 5 N–H and O–H groups in total. The van der Waals surface area contributed by atoms with Crippen molar-refractivity contribution in [2.45, 2.75) is 43.0 Å². The molecule has 0 spiro atoms. The lowest BCUT2D eigenvalue weighted by atomic mass is 10.0. The molecule has 2 saturated heterocycles. The number of carbonyl (C=O) groups excluding carboxylic acids is 2. The number of unbranched alkanes of at least 4 members (excludes halogenated alkanes) is 1. The maximum Gasteiger partial charge on any atom is 0.315 e. The molecule has 0 aromatic rings. The zero-order chi connectivity index (χ0) is 22.2. The molecule has 11 heteroatoms. The number of carbonyl (C=O) groups is 2. The minimum absolute atomic E-state index is 0.0530. The van der Waals surface area contributed by atoms with Crippen LogP contribution < -0.4 is 21.7 Å². The molecule has 180 valence electrons. The topological polar surface area (TPSA) is 133 Å². The van der Waals surface area contributed by atoms with Gasteiger partial charge in [-0.25, -0.2) is 4.79 Å². The van der Waals surface area contributed by atoms with E-state index in [9.17, 15) is 9.59 Å². The molecule has 3 atom stereocenters. The number of nitrogens with one attached hydrogen (secondary N) is 3. The third-order valence-electron chi connectivity index (χ3n) is 5.03. The van der Waals surface area contributed by atoms with Gasteiger partial charge in [-0.05, 0) is 12.8 Å². The first-order chi connectivity index (χ1) is 15.2. The number of amides is 3. The highest BCUT2D eigenvalue weighted by molar-refractivity contribution is 8.00. The first-order valence-corrected chi connectivity index (χ1v) is 12.2. The van der Waals surface area contributed by atoms with Gasteiger partial charge in [0.2, 0.25) is 5.91 Å². The molecule has 10 nitrogen and oxygen atoms in total. The summed E-state index contributed by atoms with van der Waals surface area (Å²) in [5.41, 5.74) is 5.31. The lowest BCUT2D eigenvalue weighted by Crippen LogP contribution is -2.36. The smallest absolute Gasteiger partial charge is 0.315 e. The standard InChI is InChI=1S/C20H38N4O6S/c21-5-7-27-9-11-29-13-14-30-12-10-28-8-6-22-18(25)4-2-1-3-17-19-16(15-31-17)23-20(26)24-19/h16-17,19H,1-15,21H2,(H,22,25)(H2,23,24,26)/t16-,17+,19+/m0/s1. The van der Waals surface area contributed by atoms with Gasteiger partial charge in [0.05, 0.1) is 64.9 Å². The van der Waals surface area contributed by atoms with Crippen LogP contribution in [0.2, 0.25) is 0 Å². The van der Waals surface area contributed by atoms with Gasteiger partial charge < -0.3 is 40.6 Å². The molecular formula is C20H38N4O6S. The van der Waals surface area contributed by atoms with Gasteiger partial charge in [-0.3, -0.25) is 4.79 Å². The Morgan fingerprint density at radius 3 is 2.29 bits per heavy atom. The van der Waals surface area contributed by atoms with Crippen molar-refractivity contribution < 1.29 is 28.5 Å². The van der Waals surface area contributed by atoms with E-state index in [0.29, 0.717) is 77.6 Å². The summed E-state index contributed by atoms with van der Waals surface area (Å²) < 4.78 is 21.4. The molecule has 2 fully saturated rings. The van der Waals surface area contributed by atoms with Crippen molar-refractivity contribution in [2.24, 2.45) is 5.73 Å². The fraction of sp³-hybridized carbons (Fsp3) is 0.900. The molecule has 0 saturated carbocycles. The fourth-order valence-corrected chi connectivity index (χ4v) is 5.01. The largest absolute Gasteiger partial charge is 0.378 e. The van der Waals surface area contributed by atoms with Gasteiger partial charge in [0, 0.05) is 30.5 Å². The van der Waals surface area contributed by atoms with Crippen molar-refractivity contribution >= 4 is 23.7 Å². The Kier molecular flexibility index (Phi) is 13.9. The summed E-state index contributed by atoms with van der Waals surface area (Å²) >= 11 is 1.91. The summed E-state index contributed by atoms with van der Waals surface area (Å²) in [4.78, 5) is 23.3. The SMILES string of the molecule is NCCOCCOCCOCCOCCNC(=O)CCCC[C@H]1SC[C@@H]2NC(=O)N[C@H]21. The van der Waals surface area contributed by atoms with Crippen LogP contribution in [-0.4, -0.2) is 101 Å². The Morgan fingerprint density at radius 2 is 1.61 bits per heavy atom. The predicted octanol–water partition coefficient (Wildman–Crippen LogP) is -0.146. The summed E-state index contributed by atoms with van der Waals surface area (Å²) in [6.45, 7) is 5.16. The molecule has 2 aliphatic rings. The van der Waals surface area contributed by atoms with E-state index in [1.807, 2.05) is 11.8 Å². The van der Waals surface area contributed by atoms with E-state index in [2.05, 4.69) is 16.0 Å². The van der Waals surface area contributed by atoms with Crippen LogP contribution in [0, 0.1) is 0 Å². The summed E-state index contributed by atoms with van der Waals surface area (Å²) in [6, 6.07) is 0.444. The van der Waals surface area contributed by atoms with Crippen LogP contribution in [0.4, 0.5) is 4.79 Å². The van der Waals surface area contributed by atoms with E-state index < -0.39 is 0 Å². The van der Waals surface area contributed by atoms with Crippen molar-refractivity contribution in [3.8, 4) is 0 Å². The van der Waals surface area contributed by atoms with Crippen LogP contribution in [0.1, 0.15) is 25.7 Å². The van der Waals surface area contributed by atoms with Crippen molar-refractivity contribution in [1.29, 1.82) is 0 Å². The first-order valence-electron chi connectivity index (χ1n) is 11.2. The third-order valence-corrected chi connectivity index (χ3v) is 6.54. The van der Waals surface area contributed by atoms with Crippen LogP contribution in [0.5, 0.6) is 0 Å². The molecule has 0 aromatic heterocycles. The van der Waals surface area contributed by atoms with Gasteiger partial charge in [0.1, 0.15) is 0 Å². The van der Waals surface area contributed by atoms with Crippen LogP contribution in [-0.2, 0) is 23.7 Å². The minimum atomic E-state index is -0.0530. The number of nitrogens with two attached hydrogens (primary N) is 1. The molecule has 2 heterocycles. The Labute approximate surface area is 189 Å². The van der Waals surface area contributed by atoms with Gasteiger partial charge in [-0.2, -0.15) is 11.8 Å². The highest BCUT2D eigenvalue weighted by Gasteiger charge is 2.42. The van der Waals surface area contributed by atoms with Crippen LogP contribution >= 0.6 is 11.8 Å². The van der Waals surface area contributed by atoms with Crippen molar-refractivity contribution in [3.05, 3.63) is 0 Å². The predicted molar refractivity (Wildman–Crippen MR) is 119 cm³/mol. The zero-order valence-electron chi connectivity index (χ0n) is 18.3. The highest BCUT2D eigenvalue weighted by atomic mass is 32.2. The Hall–Kier alpha value is -1.11. The Morgan fingerprint density at radius 1 is 0.968 bits per heavy atom. The minimum Gasteiger partial charge on any atom is -0.378 e.